The fourth-order valence-electron chi connectivity index (χ4n) is 1.62. The minimum absolute atomic E-state index is 0.928. The maximum Gasteiger partial charge on any atom is 0.344 e. The minimum Gasteiger partial charge on any atom is -0.481 e. The molecule has 11 nitrogen and oxygen atoms in total. The highest BCUT2D eigenvalue weighted by Crippen LogP contribution is 2.25. The van der Waals surface area contributed by atoms with Crippen molar-refractivity contribution >= 4 is 17.9 Å². The molecule has 0 aromatic heterocycles. The average molecular weight is 340 g/mol. The summed E-state index contributed by atoms with van der Waals surface area (Å²) in [4.78, 5) is 32.4. The second-order valence-corrected chi connectivity index (χ2v) is 4.95. The molecule has 6 N–H and O–H groups in total. The molecule has 5 atom stereocenters. The van der Waals surface area contributed by atoms with E-state index in [0.29, 0.717) is 0 Å². The van der Waals surface area contributed by atoms with Crippen molar-refractivity contribution < 1.29 is 54.5 Å². The molecule has 0 aliphatic carbocycles. The van der Waals surface area contributed by atoms with Crippen LogP contribution < -0.4 is 0 Å². The molecule has 5 unspecified atom stereocenters. The van der Waals surface area contributed by atoms with Gasteiger partial charge in [0.15, 0.2) is 5.79 Å². The molecule has 0 amide bonds. The van der Waals surface area contributed by atoms with Crippen LogP contribution in [-0.2, 0) is 23.9 Å². The second-order valence-electron chi connectivity index (χ2n) is 4.95. The zero-order valence-electron chi connectivity index (χ0n) is 12.6. The van der Waals surface area contributed by atoms with Gasteiger partial charge in [-0.25, -0.2) is 9.59 Å². The Labute approximate surface area is 130 Å². The predicted octanol–water partition coefficient (Wildman–Crippen LogP) is -2.29. The summed E-state index contributed by atoms with van der Waals surface area (Å²) >= 11 is 0. The van der Waals surface area contributed by atoms with Gasteiger partial charge in [0.25, 0.3) is 6.10 Å². The van der Waals surface area contributed by atoms with E-state index >= 15 is 0 Å². The smallest absolute Gasteiger partial charge is 0.344 e. The van der Waals surface area contributed by atoms with E-state index < -0.39 is 54.0 Å². The number of aliphatic hydroxyl groups excluding tert-OH is 3. The van der Waals surface area contributed by atoms with E-state index in [2.05, 4.69) is 0 Å². The third-order valence-electron chi connectivity index (χ3n) is 3.32. The van der Waals surface area contributed by atoms with Crippen LogP contribution in [0.1, 0.15) is 13.8 Å². The Morgan fingerprint density at radius 2 is 1.35 bits per heavy atom. The van der Waals surface area contributed by atoms with Crippen molar-refractivity contribution in [1.29, 1.82) is 0 Å². The number of carboxylic acid groups (broad SMARTS) is 3. The van der Waals surface area contributed by atoms with Gasteiger partial charge in [0.2, 0.25) is 0 Å². The molecule has 0 bridgehead atoms. The molecule has 11 heteroatoms. The lowest BCUT2D eigenvalue weighted by Crippen LogP contribution is -2.58. The Kier molecular flexibility index (Phi) is 7.54. The zero-order valence-corrected chi connectivity index (χ0v) is 12.6. The van der Waals surface area contributed by atoms with E-state index in [1.165, 1.54) is 0 Å². The quantitative estimate of drug-likeness (QED) is 0.185. The van der Waals surface area contributed by atoms with Gasteiger partial charge in [0.05, 0.1) is 12.0 Å². The number of hydrogen-bond acceptors (Lipinski definition) is 8. The van der Waals surface area contributed by atoms with Gasteiger partial charge in [0.1, 0.15) is 12.2 Å². The molecule has 0 saturated carbocycles. The van der Waals surface area contributed by atoms with Gasteiger partial charge in [0, 0.05) is 7.11 Å². The van der Waals surface area contributed by atoms with Crippen molar-refractivity contribution in [3.05, 3.63) is 0 Å². The fourth-order valence-corrected chi connectivity index (χ4v) is 1.62. The Morgan fingerprint density at radius 1 is 0.913 bits per heavy atom. The lowest BCUT2D eigenvalue weighted by molar-refractivity contribution is -0.298. The standard InChI is InChI=1S/C12H20O11/c1-4(9(16)17)5(13)6(14)8(15)12(2,22-3)23-7(10(18)19)11(20)21/h4-8,13-15H,1-3H3,(H,16,17)(H,18,19)(H,20,21). The Bertz CT molecular complexity index is 436. The van der Waals surface area contributed by atoms with Crippen LogP contribution in [0.4, 0.5) is 0 Å². The predicted molar refractivity (Wildman–Crippen MR) is 70.4 cm³/mol. The van der Waals surface area contributed by atoms with Gasteiger partial charge in [-0.3, -0.25) is 4.79 Å². The van der Waals surface area contributed by atoms with E-state index in [1.807, 2.05) is 0 Å². The molecule has 0 aromatic rings. The molecule has 0 saturated heterocycles. The molecule has 0 aliphatic rings. The highest BCUT2D eigenvalue weighted by molar-refractivity contribution is 5.96. The van der Waals surface area contributed by atoms with E-state index in [9.17, 15) is 29.7 Å². The molecule has 23 heavy (non-hydrogen) atoms. The van der Waals surface area contributed by atoms with Crippen molar-refractivity contribution in [1.82, 2.24) is 0 Å². The number of carboxylic acids is 3. The monoisotopic (exact) mass is 340 g/mol. The first-order valence-corrected chi connectivity index (χ1v) is 6.34. The molecular formula is C12H20O11. The number of hydrogen-bond donors (Lipinski definition) is 6. The maximum absolute atomic E-state index is 10.8. The SMILES string of the molecule is COC(C)(OC(C(=O)O)C(=O)O)C(O)C(O)C(O)C(C)C(=O)O. The second kappa shape index (κ2) is 8.17. The van der Waals surface area contributed by atoms with Gasteiger partial charge >= 0.3 is 17.9 Å². The maximum atomic E-state index is 10.8. The fraction of sp³-hybridized carbons (Fsp3) is 0.750. The van der Waals surface area contributed by atoms with Crippen molar-refractivity contribution in [2.24, 2.45) is 5.92 Å². The van der Waals surface area contributed by atoms with Crippen molar-refractivity contribution in [2.45, 2.75) is 44.1 Å². The number of aliphatic carboxylic acids is 3. The van der Waals surface area contributed by atoms with Gasteiger partial charge in [-0.2, -0.15) is 0 Å². The number of rotatable bonds is 10. The normalized spacial score (nSPS) is 19.4. The van der Waals surface area contributed by atoms with Crippen LogP contribution in [0.5, 0.6) is 0 Å². The first-order valence-electron chi connectivity index (χ1n) is 6.34. The van der Waals surface area contributed by atoms with Crippen LogP contribution in [0.2, 0.25) is 0 Å². The van der Waals surface area contributed by atoms with Crippen molar-refractivity contribution in [2.75, 3.05) is 7.11 Å². The summed E-state index contributed by atoms with van der Waals surface area (Å²) in [7, 11) is 0.934. The summed E-state index contributed by atoms with van der Waals surface area (Å²) in [5.41, 5.74) is 0. The number of aliphatic hydroxyl groups is 3. The van der Waals surface area contributed by atoms with Crippen LogP contribution in [0.3, 0.4) is 0 Å². The van der Waals surface area contributed by atoms with Crippen LogP contribution in [0, 0.1) is 5.92 Å². The van der Waals surface area contributed by atoms with Crippen molar-refractivity contribution in [3.8, 4) is 0 Å². The van der Waals surface area contributed by atoms with Crippen LogP contribution in [0.15, 0.2) is 0 Å². The van der Waals surface area contributed by atoms with E-state index in [4.69, 9.17) is 24.8 Å². The summed E-state index contributed by atoms with van der Waals surface area (Å²) in [6.45, 7) is 1.99. The van der Waals surface area contributed by atoms with E-state index in [-0.39, 0.29) is 0 Å². The molecule has 0 heterocycles. The summed E-state index contributed by atoms with van der Waals surface area (Å²) in [6, 6.07) is 0. The summed E-state index contributed by atoms with van der Waals surface area (Å²) in [5.74, 6) is -9.06. The molecule has 0 fully saturated rings. The van der Waals surface area contributed by atoms with Crippen LogP contribution in [-0.4, -0.2) is 85.9 Å². The summed E-state index contributed by atoms with van der Waals surface area (Å²) in [6.07, 6.45) is -8.63. The van der Waals surface area contributed by atoms with Gasteiger partial charge < -0.3 is 40.1 Å². The third kappa shape index (κ3) is 5.11. The molecule has 0 aliphatic heterocycles. The number of ether oxygens (including phenoxy) is 2. The molecule has 0 spiro atoms. The lowest BCUT2D eigenvalue weighted by Gasteiger charge is -2.38. The van der Waals surface area contributed by atoms with E-state index in [1.54, 1.807) is 0 Å². The largest absolute Gasteiger partial charge is 0.481 e. The Balaban J connectivity index is 5.36. The highest BCUT2D eigenvalue weighted by atomic mass is 16.7. The summed E-state index contributed by atoms with van der Waals surface area (Å²) < 4.78 is 9.42. The Morgan fingerprint density at radius 3 is 1.65 bits per heavy atom. The van der Waals surface area contributed by atoms with Crippen LogP contribution in [0.25, 0.3) is 0 Å². The minimum atomic E-state index is -2.42. The first-order chi connectivity index (χ1) is 10.4. The third-order valence-corrected chi connectivity index (χ3v) is 3.32. The van der Waals surface area contributed by atoms with Gasteiger partial charge in [-0.15, -0.1) is 0 Å². The number of carbonyl (C=O) groups is 3. The molecule has 134 valence electrons. The van der Waals surface area contributed by atoms with E-state index in [0.717, 1.165) is 21.0 Å². The zero-order chi connectivity index (χ0) is 18.5. The molecule has 0 rings (SSSR count). The number of methoxy groups -OCH3 is 1. The van der Waals surface area contributed by atoms with Gasteiger partial charge in [-0.1, -0.05) is 0 Å². The molecule has 0 radical (unpaired) electrons. The first kappa shape index (κ1) is 21.2. The van der Waals surface area contributed by atoms with Crippen LogP contribution >= 0.6 is 0 Å². The molecular weight excluding hydrogens is 320 g/mol. The topological polar surface area (TPSA) is 191 Å². The molecule has 0 aromatic carbocycles. The lowest BCUT2D eigenvalue weighted by atomic mass is 9.93. The average Bonchev–Trinajstić information content (AvgIpc) is 2.48. The summed E-state index contributed by atoms with van der Waals surface area (Å²) in [5, 5.41) is 55.8. The Hall–Kier alpha value is -1.79. The van der Waals surface area contributed by atoms with Crippen molar-refractivity contribution in [3.63, 3.8) is 0 Å². The highest BCUT2D eigenvalue weighted by Gasteiger charge is 2.47. The van der Waals surface area contributed by atoms with Gasteiger partial charge in [-0.05, 0) is 13.8 Å².